The SMILES string of the molecule is c1ccc(C2=NC(c3ccccc3)CC(c3cccc(-c4ccc5c(c4)oc4ccc(-n6c7ccccc7c7ccccc76)cc45)c3)=N2)cc1. The normalized spacial score (nSPS) is 14.8. The number of aromatic nitrogens is 1. The number of hydrogen-bond donors (Lipinski definition) is 0. The van der Waals surface area contributed by atoms with Gasteiger partial charge in [-0.05, 0) is 70.8 Å². The second kappa shape index (κ2) is 11.6. The number of rotatable bonds is 5. The maximum Gasteiger partial charge on any atom is 0.155 e. The van der Waals surface area contributed by atoms with Crippen LogP contribution >= 0.6 is 0 Å². The molecular formula is C46H31N3O. The van der Waals surface area contributed by atoms with E-state index < -0.39 is 0 Å². The number of nitrogens with zero attached hydrogens (tertiary/aromatic N) is 3. The van der Waals surface area contributed by atoms with Gasteiger partial charge < -0.3 is 8.98 Å². The van der Waals surface area contributed by atoms with Gasteiger partial charge in [-0.1, -0.05) is 121 Å². The maximum atomic E-state index is 6.49. The largest absolute Gasteiger partial charge is 0.456 e. The molecule has 3 heterocycles. The Labute approximate surface area is 289 Å². The van der Waals surface area contributed by atoms with E-state index in [4.69, 9.17) is 14.4 Å². The van der Waals surface area contributed by atoms with E-state index in [0.717, 1.165) is 67.8 Å². The molecule has 0 bridgehead atoms. The second-order valence-electron chi connectivity index (χ2n) is 13.0. The Morgan fingerprint density at radius 2 is 1.14 bits per heavy atom. The zero-order valence-corrected chi connectivity index (χ0v) is 27.2. The van der Waals surface area contributed by atoms with E-state index >= 15 is 0 Å². The first-order valence-electron chi connectivity index (χ1n) is 17.1. The third-order valence-electron chi connectivity index (χ3n) is 9.94. The molecule has 1 aliphatic heterocycles. The fourth-order valence-electron chi connectivity index (χ4n) is 7.52. The van der Waals surface area contributed by atoms with Gasteiger partial charge in [0.1, 0.15) is 11.2 Å². The molecule has 7 aromatic carbocycles. The Hall–Kier alpha value is -6.52. The Bertz CT molecular complexity index is 2730. The molecule has 1 atom stereocenters. The van der Waals surface area contributed by atoms with Crippen molar-refractivity contribution in [3.05, 3.63) is 187 Å². The minimum Gasteiger partial charge on any atom is -0.456 e. The molecule has 1 unspecified atom stereocenters. The molecule has 236 valence electrons. The molecule has 1 aliphatic rings. The van der Waals surface area contributed by atoms with E-state index in [9.17, 15) is 0 Å². The van der Waals surface area contributed by atoms with Gasteiger partial charge in [-0.15, -0.1) is 0 Å². The lowest BCUT2D eigenvalue weighted by atomic mass is 9.93. The predicted molar refractivity (Wildman–Crippen MR) is 207 cm³/mol. The van der Waals surface area contributed by atoms with Crippen molar-refractivity contribution in [2.45, 2.75) is 12.5 Å². The van der Waals surface area contributed by atoms with Crippen LogP contribution in [0.4, 0.5) is 0 Å². The minimum absolute atomic E-state index is 0.00173. The highest BCUT2D eigenvalue weighted by Gasteiger charge is 2.22. The highest BCUT2D eigenvalue weighted by atomic mass is 16.3. The van der Waals surface area contributed by atoms with E-state index in [1.807, 2.05) is 18.2 Å². The van der Waals surface area contributed by atoms with Crippen molar-refractivity contribution in [2.75, 3.05) is 0 Å². The molecule has 0 radical (unpaired) electrons. The van der Waals surface area contributed by atoms with Crippen molar-refractivity contribution in [3.63, 3.8) is 0 Å². The Morgan fingerprint density at radius 1 is 0.480 bits per heavy atom. The number of fused-ring (bicyclic) bond motifs is 6. The summed E-state index contributed by atoms with van der Waals surface area (Å²) in [7, 11) is 0. The van der Waals surface area contributed by atoms with Crippen molar-refractivity contribution in [3.8, 4) is 16.8 Å². The Kier molecular flexibility index (Phi) is 6.59. The molecule has 0 fully saturated rings. The molecule has 0 amide bonds. The van der Waals surface area contributed by atoms with Crippen molar-refractivity contribution in [1.82, 2.24) is 4.57 Å². The van der Waals surface area contributed by atoms with Crippen LogP contribution in [0.15, 0.2) is 184 Å². The first kappa shape index (κ1) is 28.5. The van der Waals surface area contributed by atoms with Gasteiger partial charge in [-0.25, -0.2) is 4.99 Å². The molecule has 9 aromatic rings. The lowest BCUT2D eigenvalue weighted by molar-refractivity contribution is 0.669. The topological polar surface area (TPSA) is 42.8 Å². The molecule has 50 heavy (non-hydrogen) atoms. The van der Waals surface area contributed by atoms with E-state index in [1.54, 1.807) is 0 Å². The van der Waals surface area contributed by atoms with Crippen LogP contribution in [0.2, 0.25) is 0 Å². The molecule has 0 aliphatic carbocycles. The summed E-state index contributed by atoms with van der Waals surface area (Å²) in [5.41, 5.74) is 11.9. The van der Waals surface area contributed by atoms with Crippen LogP contribution in [0, 0.1) is 0 Å². The van der Waals surface area contributed by atoms with Crippen LogP contribution in [0.3, 0.4) is 0 Å². The lowest BCUT2D eigenvalue weighted by Crippen LogP contribution is -2.17. The molecule has 4 nitrogen and oxygen atoms in total. The van der Waals surface area contributed by atoms with E-state index in [-0.39, 0.29) is 6.04 Å². The van der Waals surface area contributed by atoms with Crippen molar-refractivity contribution < 1.29 is 4.42 Å². The van der Waals surface area contributed by atoms with Crippen LogP contribution in [-0.2, 0) is 0 Å². The average Bonchev–Trinajstić information content (AvgIpc) is 3.73. The van der Waals surface area contributed by atoms with E-state index in [0.29, 0.717) is 0 Å². The number of furan rings is 1. The van der Waals surface area contributed by atoms with Crippen LogP contribution in [0.1, 0.15) is 29.2 Å². The van der Waals surface area contributed by atoms with Crippen molar-refractivity contribution in [1.29, 1.82) is 0 Å². The predicted octanol–water partition coefficient (Wildman–Crippen LogP) is 11.7. The van der Waals surface area contributed by atoms with Gasteiger partial charge in [0.15, 0.2) is 5.84 Å². The maximum absolute atomic E-state index is 6.49. The second-order valence-corrected chi connectivity index (χ2v) is 13.0. The van der Waals surface area contributed by atoms with Crippen LogP contribution < -0.4 is 0 Å². The fourth-order valence-corrected chi connectivity index (χ4v) is 7.52. The molecule has 10 rings (SSSR count). The van der Waals surface area contributed by atoms with Gasteiger partial charge in [0, 0.05) is 39.2 Å². The number of amidine groups is 1. The standard InChI is InChI=1S/C46H31N3O/c1-3-12-30(13-4-1)40-29-41(48-46(47-40)31-14-5-2-6-15-31)34-17-11-16-32(26-34)33-22-24-38-39-28-35(23-25-44(39)50-45(38)27-33)49-42-20-9-7-18-36(42)37-19-8-10-21-43(37)49/h1-28,40H,29H2. The summed E-state index contributed by atoms with van der Waals surface area (Å²) < 4.78 is 8.84. The van der Waals surface area contributed by atoms with E-state index in [2.05, 4.69) is 156 Å². The quantitative estimate of drug-likeness (QED) is 0.184. The summed E-state index contributed by atoms with van der Waals surface area (Å²) in [5.74, 6) is 0.773. The smallest absolute Gasteiger partial charge is 0.155 e. The summed E-state index contributed by atoms with van der Waals surface area (Å²) >= 11 is 0. The molecular weight excluding hydrogens is 611 g/mol. The number of aliphatic imine (C=N–C) groups is 2. The summed E-state index contributed by atoms with van der Waals surface area (Å²) in [4.78, 5) is 10.2. The molecule has 4 heteroatoms. The minimum atomic E-state index is 0.00173. The van der Waals surface area contributed by atoms with Crippen LogP contribution in [-0.4, -0.2) is 16.1 Å². The number of para-hydroxylation sites is 2. The van der Waals surface area contributed by atoms with Gasteiger partial charge in [-0.2, -0.15) is 0 Å². The van der Waals surface area contributed by atoms with Crippen molar-refractivity contribution in [2.24, 2.45) is 9.98 Å². The zero-order valence-electron chi connectivity index (χ0n) is 27.2. The average molecular weight is 642 g/mol. The van der Waals surface area contributed by atoms with Gasteiger partial charge in [0.05, 0.1) is 22.8 Å². The highest BCUT2D eigenvalue weighted by Crippen LogP contribution is 2.37. The summed E-state index contributed by atoms with van der Waals surface area (Å²) in [6, 6.07) is 59.8. The molecule has 0 saturated heterocycles. The first-order valence-corrected chi connectivity index (χ1v) is 17.1. The number of hydrogen-bond acceptors (Lipinski definition) is 3. The van der Waals surface area contributed by atoms with E-state index in [1.165, 1.54) is 27.4 Å². The van der Waals surface area contributed by atoms with Crippen molar-refractivity contribution >= 4 is 55.3 Å². The monoisotopic (exact) mass is 641 g/mol. The van der Waals surface area contributed by atoms with Crippen LogP contribution in [0.5, 0.6) is 0 Å². The fraction of sp³-hybridized carbons (Fsp3) is 0.0435. The Morgan fingerprint density at radius 3 is 1.92 bits per heavy atom. The summed E-state index contributed by atoms with van der Waals surface area (Å²) in [5, 5.41) is 4.72. The Balaban J connectivity index is 1.03. The molecule has 0 N–H and O–H groups in total. The van der Waals surface area contributed by atoms with Gasteiger partial charge in [0.2, 0.25) is 0 Å². The van der Waals surface area contributed by atoms with Gasteiger partial charge in [-0.3, -0.25) is 4.99 Å². The third-order valence-corrected chi connectivity index (χ3v) is 9.94. The molecule has 0 spiro atoms. The molecule has 2 aromatic heterocycles. The van der Waals surface area contributed by atoms with Gasteiger partial charge in [0.25, 0.3) is 0 Å². The molecule has 0 saturated carbocycles. The number of benzene rings is 7. The lowest BCUT2D eigenvalue weighted by Gasteiger charge is -2.21. The van der Waals surface area contributed by atoms with Crippen LogP contribution in [0.25, 0.3) is 60.6 Å². The summed E-state index contributed by atoms with van der Waals surface area (Å²) in [6.07, 6.45) is 0.737. The zero-order chi connectivity index (χ0) is 33.0. The third kappa shape index (κ3) is 4.76. The van der Waals surface area contributed by atoms with Gasteiger partial charge >= 0.3 is 0 Å². The first-order chi connectivity index (χ1) is 24.8. The summed E-state index contributed by atoms with van der Waals surface area (Å²) in [6.45, 7) is 0. The highest BCUT2D eigenvalue weighted by molar-refractivity contribution is 6.15.